The van der Waals surface area contributed by atoms with E-state index >= 15 is 0 Å². The number of hydrogen-bond acceptors (Lipinski definition) is 8. The highest BCUT2D eigenvalue weighted by atomic mass is 32.2. The number of rotatable bonds is 10. The van der Waals surface area contributed by atoms with E-state index in [4.69, 9.17) is 14.7 Å². The largest absolute Gasteiger partial charge is 0.467 e. The standard InChI is InChI=1S/C22H24N6O4S/c1-13-9-17(15(3)28(13)21-10-14(2)32-26-21)18(29)12-33-22-25-24-20(7-6-19(23)30)27(22)11-16-5-4-8-31-16/h4-5,8-10H,6-7,11-12H2,1-3H3,(H2,23,30). The molecular weight excluding hydrogens is 444 g/mol. The Kier molecular flexibility index (Phi) is 6.50. The molecule has 0 aliphatic rings. The zero-order valence-corrected chi connectivity index (χ0v) is 19.4. The maximum absolute atomic E-state index is 13.1. The van der Waals surface area contributed by atoms with E-state index in [2.05, 4.69) is 15.4 Å². The molecule has 0 radical (unpaired) electrons. The van der Waals surface area contributed by atoms with Crippen molar-refractivity contribution in [2.75, 3.05) is 5.75 Å². The van der Waals surface area contributed by atoms with E-state index in [1.807, 2.05) is 48.1 Å². The summed E-state index contributed by atoms with van der Waals surface area (Å²) in [5.74, 6) is 2.40. The van der Waals surface area contributed by atoms with Crippen LogP contribution in [0.3, 0.4) is 0 Å². The van der Waals surface area contributed by atoms with Crippen molar-refractivity contribution in [1.29, 1.82) is 0 Å². The number of primary amides is 1. The number of furan rings is 1. The Morgan fingerprint density at radius 3 is 2.67 bits per heavy atom. The predicted molar refractivity (Wildman–Crippen MR) is 120 cm³/mol. The van der Waals surface area contributed by atoms with E-state index in [9.17, 15) is 9.59 Å². The molecule has 1 amide bonds. The molecule has 4 rings (SSSR count). The quantitative estimate of drug-likeness (QED) is 0.277. The summed E-state index contributed by atoms with van der Waals surface area (Å²) in [6, 6.07) is 7.32. The van der Waals surface area contributed by atoms with Crippen LogP contribution in [0, 0.1) is 20.8 Å². The first-order chi connectivity index (χ1) is 15.8. The van der Waals surface area contributed by atoms with Crippen LogP contribution in [0.5, 0.6) is 0 Å². The molecule has 0 saturated heterocycles. The molecule has 4 aromatic rings. The zero-order valence-electron chi connectivity index (χ0n) is 18.6. The van der Waals surface area contributed by atoms with Gasteiger partial charge in [-0.3, -0.25) is 18.7 Å². The van der Waals surface area contributed by atoms with Crippen molar-refractivity contribution in [1.82, 2.24) is 24.5 Å². The molecule has 4 aromatic heterocycles. The minimum absolute atomic E-state index is 0.0363. The third-order valence-corrected chi connectivity index (χ3v) is 6.16. The molecule has 0 atom stereocenters. The number of aryl methyl sites for hydroxylation is 3. The Labute approximate surface area is 194 Å². The van der Waals surface area contributed by atoms with Gasteiger partial charge in [0.1, 0.15) is 17.3 Å². The molecule has 10 nitrogen and oxygen atoms in total. The predicted octanol–water partition coefficient (Wildman–Crippen LogP) is 3.02. The fraction of sp³-hybridized carbons (Fsp3) is 0.318. The molecule has 0 bridgehead atoms. The second-order valence-corrected chi connectivity index (χ2v) is 8.60. The van der Waals surface area contributed by atoms with E-state index in [-0.39, 0.29) is 18.0 Å². The van der Waals surface area contributed by atoms with Crippen LogP contribution in [0.1, 0.15) is 45.5 Å². The molecule has 0 aliphatic heterocycles. The SMILES string of the molecule is Cc1cc(-n2c(C)cc(C(=O)CSc3nnc(CCC(N)=O)n3Cc3ccco3)c2C)no1. The average molecular weight is 469 g/mol. The normalized spacial score (nSPS) is 11.2. The molecular formula is C22H24N6O4S. The number of aromatic nitrogens is 5. The number of nitrogens with two attached hydrogens (primary N) is 1. The van der Waals surface area contributed by atoms with Gasteiger partial charge in [0.15, 0.2) is 16.8 Å². The summed E-state index contributed by atoms with van der Waals surface area (Å²) in [6.07, 6.45) is 2.11. The van der Waals surface area contributed by atoms with Crippen LogP contribution in [0.2, 0.25) is 0 Å². The Morgan fingerprint density at radius 2 is 2.00 bits per heavy atom. The van der Waals surface area contributed by atoms with Crippen molar-refractivity contribution in [3.8, 4) is 5.82 Å². The van der Waals surface area contributed by atoms with E-state index in [0.29, 0.717) is 41.1 Å². The smallest absolute Gasteiger partial charge is 0.217 e. The van der Waals surface area contributed by atoms with E-state index < -0.39 is 5.91 Å². The van der Waals surface area contributed by atoms with E-state index in [1.165, 1.54) is 11.8 Å². The van der Waals surface area contributed by atoms with Gasteiger partial charge in [-0.05, 0) is 39.0 Å². The lowest BCUT2D eigenvalue weighted by Crippen LogP contribution is -2.14. The van der Waals surface area contributed by atoms with Gasteiger partial charge in [-0.2, -0.15) is 0 Å². The summed E-state index contributed by atoms with van der Waals surface area (Å²) in [5.41, 5.74) is 7.60. The second-order valence-electron chi connectivity index (χ2n) is 7.66. The monoisotopic (exact) mass is 468 g/mol. The molecule has 0 unspecified atom stereocenters. The Morgan fingerprint density at radius 1 is 1.18 bits per heavy atom. The average Bonchev–Trinajstić information content (AvgIpc) is 3.55. The van der Waals surface area contributed by atoms with Gasteiger partial charge in [-0.25, -0.2) is 0 Å². The summed E-state index contributed by atoms with van der Waals surface area (Å²) < 4.78 is 14.4. The number of thioether (sulfide) groups is 1. The lowest BCUT2D eigenvalue weighted by Gasteiger charge is -2.08. The van der Waals surface area contributed by atoms with Gasteiger partial charge in [0.05, 0.1) is 18.6 Å². The Balaban J connectivity index is 1.53. The summed E-state index contributed by atoms with van der Waals surface area (Å²) in [4.78, 5) is 24.3. The maximum Gasteiger partial charge on any atom is 0.217 e. The first-order valence-electron chi connectivity index (χ1n) is 10.3. The van der Waals surface area contributed by atoms with Crippen molar-refractivity contribution >= 4 is 23.5 Å². The maximum atomic E-state index is 13.1. The van der Waals surface area contributed by atoms with Crippen LogP contribution in [0.15, 0.2) is 44.6 Å². The molecule has 33 heavy (non-hydrogen) atoms. The zero-order chi connectivity index (χ0) is 23.5. The van der Waals surface area contributed by atoms with Crippen LogP contribution in [0.25, 0.3) is 5.82 Å². The molecule has 0 aliphatic carbocycles. The highest BCUT2D eigenvalue weighted by Gasteiger charge is 2.21. The second kappa shape index (κ2) is 9.49. The van der Waals surface area contributed by atoms with Crippen molar-refractivity contribution in [2.45, 2.75) is 45.3 Å². The van der Waals surface area contributed by atoms with E-state index in [0.717, 1.165) is 17.1 Å². The van der Waals surface area contributed by atoms with Gasteiger partial charge < -0.3 is 14.7 Å². The van der Waals surface area contributed by atoms with Gasteiger partial charge in [-0.15, -0.1) is 10.2 Å². The van der Waals surface area contributed by atoms with E-state index in [1.54, 1.807) is 12.3 Å². The van der Waals surface area contributed by atoms with Crippen molar-refractivity contribution in [3.05, 3.63) is 64.8 Å². The van der Waals surface area contributed by atoms with Crippen LogP contribution in [-0.2, 0) is 17.8 Å². The first-order valence-corrected chi connectivity index (χ1v) is 11.3. The molecule has 0 aromatic carbocycles. The number of amides is 1. The summed E-state index contributed by atoms with van der Waals surface area (Å²) in [6.45, 7) is 6.02. The summed E-state index contributed by atoms with van der Waals surface area (Å²) >= 11 is 1.29. The molecule has 0 spiro atoms. The fourth-order valence-corrected chi connectivity index (χ4v) is 4.47. The van der Waals surface area contributed by atoms with Crippen LogP contribution in [0.4, 0.5) is 0 Å². The summed E-state index contributed by atoms with van der Waals surface area (Å²) in [7, 11) is 0. The fourth-order valence-electron chi connectivity index (χ4n) is 3.63. The molecule has 11 heteroatoms. The number of carbonyl (C=O) groups excluding carboxylic acids is 2. The molecule has 2 N–H and O–H groups in total. The first kappa shape index (κ1) is 22.6. The summed E-state index contributed by atoms with van der Waals surface area (Å²) in [5, 5.41) is 13.1. The lowest BCUT2D eigenvalue weighted by molar-refractivity contribution is -0.118. The third-order valence-electron chi connectivity index (χ3n) is 5.19. The number of nitrogens with zero attached hydrogens (tertiary/aromatic N) is 5. The van der Waals surface area contributed by atoms with Gasteiger partial charge in [0, 0.05) is 35.9 Å². The third kappa shape index (κ3) is 4.92. The van der Waals surface area contributed by atoms with Crippen LogP contribution in [-0.4, -0.2) is 41.9 Å². The Bertz CT molecular complexity index is 1280. The van der Waals surface area contributed by atoms with Crippen molar-refractivity contribution in [2.24, 2.45) is 5.73 Å². The van der Waals surface area contributed by atoms with Crippen molar-refractivity contribution in [3.63, 3.8) is 0 Å². The lowest BCUT2D eigenvalue weighted by atomic mass is 10.2. The number of ketones is 1. The minimum Gasteiger partial charge on any atom is -0.467 e. The van der Waals surface area contributed by atoms with Gasteiger partial charge in [0.2, 0.25) is 5.91 Å². The molecule has 4 heterocycles. The Hall–Kier alpha value is -3.60. The molecule has 0 saturated carbocycles. The highest BCUT2D eigenvalue weighted by molar-refractivity contribution is 7.99. The molecule has 0 fully saturated rings. The van der Waals surface area contributed by atoms with Gasteiger partial charge in [-0.1, -0.05) is 16.9 Å². The number of Topliss-reactive ketones (excluding diaryl/α,β-unsaturated/α-hetero) is 1. The number of carbonyl (C=O) groups is 2. The van der Waals surface area contributed by atoms with Gasteiger partial charge >= 0.3 is 0 Å². The van der Waals surface area contributed by atoms with Crippen LogP contribution >= 0.6 is 11.8 Å². The topological polar surface area (TPSA) is 135 Å². The van der Waals surface area contributed by atoms with Crippen molar-refractivity contribution < 1.29 is 18.5 Å². The van der Waals surface area contributed by atoms with Gasteiger partial charge in [0.25, 0.3) is 0 Å². The number of hydrogen-bond donors (Lipinski definition) is 1. The minimum atomic E-state index is -0.412. The van der Waals surface area contributed by atoms with Crippen LogP contribution < -0.4 is 5.73 Å². The molecule has 172 valence electrons. The highest BCUT2D eigenvalue weighted by Crippen LogP contribution is 2.25.